The number of anilines is 2. The van der Waals surface area contributed by atoms with Gasteiger partial charge in [0.15, 0.2) is 11.9 Å². The molecule has 8 aromatic rings. The molecule has 41 heteroatoms. The molecule has 18 N–H and O–H groups in total. The largest absolute Gasteiger partial charge is 0.480 e. The lowest BCUT2D eigenvalue weighted by atomic mass is 10.1. The molecular formula is C86H121N19O20S2. The van der Waals surface area contributed by atoms with E-state index in [-0.39, 0.29) is 126 Å². The number of pyridine rings is 2. The number of carboxylic acid groups (broad SMARTS) is 2. The Hall–Kier alpha value is -12.3. The molecule has 39 nitrogen and oxygen atoms in total. The number of H-pyrrole nitrogens is 2. The summed E-state index contributed by atoms with van der Waals surface area (Å²) in [4.78, 5) is 166. The summed E-state index contributed by atoms with van der Waals surface area (Å²) in [6.07, 6.45) is 13.9. The van der Waals surface area contributed by atoms with E-state index in [0.717, 1.165) is 28.7 Å². The topological polar surface area (TPSA) is 570 Å². The first kappa shape index (κ1) is 104. The fourth-order valence-electron chi connectivity index (χ4n) is 13.7. The second kappa shape index (κ2) is 52.0. The van der Waals surface area contributed by atoms with Crippen molar-refractivity contribution >= 4 is 113 Å². The monoisotopic (exact) mass is 1800 g/mol. The third kappa shape index (κ3) is 33.9. The summed E-state index contributed by atoms with van der Waals surface area (Å²) in [7, 11) is -8.65. The van der Waals surface area contributed by atoms with Gasteiger partial charge in [0.25, 0.3) is 11.8 Å². The number of carbonyl (C=O) groups is 10. The van der Waals surface area contributed by atoms with E-state index in [1.165, 1.54) is 19.3 Å². The van der Waals surface area contributed by atoms with Crippen molar-refractivity contribution < 1.29 is 84.5 Å². The van der Waals surface area contributed by atoms with E-state index < -0.39 is 85.9 Å². The molecule has 0 radical (unpaired) electrons. The minimum absolute atomic E-state index is 0. The molecule has 0 saturated carbocycles. The van der Waals surface area contributed by atoms with Gasteiger partial charge in [-0.3, -0.25) is 57.5 Å². The van der Waals surface area contributed by atoms with Crippen molar-refractivity contribution in [1.29, 1.82) is 0 Å². The van der Waals surface area contributed by atoms with Crippen molar-refractivity contribution in [3.05, 3.63) is 174 Å². The lowest BCUT2D eigenvalue weighted by molar-refractivity contribution is -0.139. The Morgan fingerprint density at radius 1 is 0.488 bits per heavy atom. The highest BCUT2D eigenvalue weighted by atomic mass is 32.2. The molecule has 4 heterocycles. The van der Waals surface area contributed by atoms with Crippen LogP contribution >= 0.6 is 0 Å². The molecule has 4 aromatic carbocycles. The Morgan fingerprint density at radius 3 is 1.17 bits per heavy atom. The van der Waals surface area contributed by atoms with Crippen molar-refractivity contribution in [3.8, 4) is 0 Å². The predicted octanol–water partition coefficient (Wildman–Crippen LogP) is 4.26. The number of aromatic amines is 2. The second-order valence-corrected chi connectivity index (χ2v) is 33.5. The fourth-order valence-corrected chi connectivity index (χ4v) is 16.9. The molecule has 0 bridgehead atoms. The molecule has 692 valence electrons. The highest BCUT2D eigenvalue weighted by molar-refractivity contribution is 7.90. The number of hydrogen-bond acceptors (Lipinski definition) is 23. The van der Waals surface area contributed by atoms with Gasteiger partial charge in [-0.2, -0.15) is 9.44 Å². The Bertz CT molecular complexity index is 5410. The van der Waals surface area contributed by atoms with Gasteiger partial charge in [-0.15, -0.1) is 0 Å². The van der Waals surface area contributed by atoms with Crippen LogP contribution in [0.25, 0.3) is 21.8 Å². The molecule has 8 rings (SSSR count). The van der Waals surface area contributed by atoms with Crippen LogP contribution in [0.2, 0.25) is 0 Å². The predicted molar refractivity (Wildman–Crippen MR) is 479 cm³/mol. The van der Waals surface area contributed by atoms with Gasteiger partial charge in [0, 0.05) is 186 Å². The lowest BCUT2D eigenvalue weighted by Gasteiger charge is -2.19. The number of sulfonamides is 2. The molecular weight excluding hydrogens is 1680 g/mol. The van der Waals surface area contributed by atoms with Gasteiger partial charge >= 0.3 is 11.9 Å². The van der Waals surface area contributed by atoms with Crippen LogP contribution in [0.3, 0.4) is 0 Å². The molecule has 0 aliphatic carbocycles. The maximum absolute atomic E-state index is 13.8. The number of nitrogens with one attached hydrogen (secondary N) is 14. The third-order valence-corrected chi connectivity index (χ3v) is 23.2. The van der Waals surface area contributed by atoms with Gasteiger partial charge in [0.05, 0.1) is 26.9 Å². The van der Waals surface area contributed by atoms with Crippen molar-refractivity contribution in [1.82, 2.24) is 81.0 Å². The van der Waals surface area contributed by atoms with Crippen molar-refractivity contribution in [2.75, 3.05) is 89.4 Å². The molecule has 0 fully saturated rings. The van der Waals surface area contributed by atoms with Crippen molar-refractivity contribution in [3.63, 3.8) is 0 Å². The van der Waals surface area contributed by atoms with Gasteiger partial charge in [-0.25, -0.2) is 26.8 Å². The van der Waals surface area contributed by atoms with Crippen molar-refractivity contribution in [2.24, 2.45) is 5.73 Å². The molecule has 0 spiro atoms. The molecule has 8 amide bonds. The summed E-state index contributed by atoms with van der Waals surface area (Å²) in [6.45, 7) is 17.4. The lowest BCUT2D eigenvalue weighted by Crippen LogP contribution is -2.49. The number of carboxylic acids is 2. The number of amides is 8. The van der Waals surface area contributed by atoms with Gasteiger partial charge < -0.3 is 97.7 Å². The Labute approximate surface area is 737 Å². The minimum Gasteiger partial charge on any atom is -0.480 e. The molecule has 3 atom stereocenters. The second-order valence-electron chi connectivity index (χ2n) is 30.2. The van der Waals surface area contributed by atoms with Crippen molar-refractivity contribution in [2.45, 2.75) is 194 Å². The summed E-state index contributed by atoms with van der Waals surface area (Å²) in [5, 5.41) is 48.0. The molecule has 0 aliphatic rings. The number of aliphatic carboxylic acids is 2. The summed E-state index contributed by atoms with van der Waals surface area (Å²) >= 11 is 0. The zero-order valence-electron chi connectivity index (χ0n) is 72.2. The highest BCUT2D eigenvalue weighted by Gasteiger charge is 2.32. The number of fused-ring (bicyclic) bond motifs is 2. The highest BCUT2D eigenvalue weighted by Crippen LogP contribution is 2.25. The Morgan fingerprint density at radius 2 is 0.835 bits per heavy atom. The zero-order valence-corrected chi connectivity index (χ0v) is 73.8. The maximum atomic E-state index is 13.8. The standard InChI is InChI=1S/C44H62N10O10S.C41H55N9O10S.CH4/c1-5-9-34(45)42(59)48-16-8-21-64-20-7-15-47-38(56)13-12-37(55)46-14-6-19-54-27-33(39(57)32-11-10-31(24-36(32)54)25-52-44-49-17-18-50-44)41(58)51-26-35(43(60)61)53-65(62,63)40-29(3)22-28(2)23-30(40)4;1-26-20-27(2)38(28(3)21-26)61(58,59)49-33(40(56)57)24-47-39(55)32-25-50(34-22-30(8-9-31(34)37(32)54)23-48-41-45-15-16-46-41)17-5-12-43-35(52)10-11-36(53)44-14-7-19-60-18-6-13-42-29(4)51;/h10-11,17-18,22-24,27,34-35,53H,5-9,12-16,19-21,25-26,45H2,1-4H3,(H,46,55)(H,47,56)(H,48,59)(H,51,58)(H,60,61)(H2,49,50,52);8-9,15-16,20-22,25,33,49H,5-7,10-14,17-19,23-24H2,1-4H3,(H,42,51)(H,43,52)(H,44,53)(H,47,55)(H,56,57)(H2,45,46,48);1H4/t34-,35-;33-;/m00./s1. The summed E-state index contributed by atoms with van der Waals surface area (Å²) < 4.78 is 72.1. The quantitative estimate of drug-likeness (QED) is 0.0237. The van der Waals surface area contributed by atoms with Gasteiger partial charge in [-0.1, -0.05) is 68.3 Å². The number of aryl methyl sites for hydroxylation is 8. The molecule has 0 saturated heterocycles. The fraction of sp³-hybridized carbons (Fsp3) is 0.465. The summed E-state index contributed by atoms with van der Waals surface area (Å²) in [5.74, 6) is -5.28. The number of imidazole rings is 2. The van der Waals surface area contributed by atoms with E-state index in [0.29, 0.717) is 156 Å². The maximum Gasteiger partial charge on any atom is 0.323 e. The van der Waals surface area contributed by atoms with Crippen LogP contribution in [0.15, 0.2) is 117 Å². The number of nitrogens with zero attached hydrogens (tertiary/aromatic N) is 4. The molecule has 0 unspecified atom stereocenters. The number of aromatic nitrogens is 6. The van der Waals surface area contributed by atoms with E-state index in [2.05, 4.69) is 82.5 Å². The van der Waals surface area contributed by atoms with Crippen LogP contribution < -0.4 is 79.2 Å². The van der Waals surface area contributed by atoms with E-state index >= 15 is 0 Å². The van der Waals surface area contributed by atoms with Crippen LogP contribution in [0.4, 0.5) is 11.9 Å². The van der Waals surface area contributed by atoms with E-state index in [1.54, 1.807) is 122 Å². The number of hydrogen-bond donors (Lipinski definition) is 17. The number of carbonyl (C=O) groups excluding carboxylic acids is 8. The van der Waals surface area contributed by atoms with Crippen LogP contribution in [0.5, 0.6) is 0 Å². The first-order valence-corrected chi connectivity index (χ1v) is 44.5. The first-order chi connectivity index (χ1) is 60.0. The summed E-state index contributed by atoms with van der Waals surface area (Å²) in [6, 6.07) is 12.8. The first-order valence-electron chi connectivity index (χ1n) is 41.6. The van der Waals surface area contributed by atoms with Crippen LogP contribution in [0, 0.1) is 41.5 Å². The zero-order chi connectivity index (χ0) is 92.0. The minimum atomic E-state index is -4.33. The molecule has 127 heavy (non-hydrogen) atoms. The molecule has 0 aliphatic heterocycles. The van der Waals surface area contributed by atoms with Crippen LogP contribution in [0.1, 0.15) is 164 Å². The van der Waals surface area contributed by atoms with Gasteiger partial charge in [-0.05, 0) is 144 Å². The van der Waals surface area contributed by atoms with Crippen LogP contribution in [-0.4, -0.2) is 212 Å². The number of nitrogens with two attached hydrogens (primary N) is 1. The van der Waals surface area contributed by atoms with Gasteiger partial charge in [0.2, 0.25) is 66.3 Å². The van der Waals surface area contributed by atoms with Gasteiger partial charge in [0.1, 0.15) is 23.2 Å². The number of benzene rings is 4. The van der Waals surface area contributed by atoms with E-state index in [9.17, 15) is 84.6 Å². The third-order valence-electron chi connectivity index (χ3n) is 19.6. The molecule has 4 aromatic heterocycles. The van der Waals surface area contributed by atoms with Crippen LogP contribution in [-0.2, 0) is 94.1 Å². The number of rotatable bonds is 53. The Balaban J connectivity index is 0.000000390. The van der Waals surface area contributed by atoms with E-state index in [1.807, 2.05) is 20.8 Å². The average Bonchev–Trinajstić information content (AvgIpc) is 0.964. The smallest absolute Gasteiger partial charge is 0.323 e. The van der Waals surface area contributed by atoms with E-state index in [4.69, 9.17) is 15.2 Å². The SMILES string of the molecule is C.CC(=O)NCCCOCCCNC(=O)CCC(=O)NCCCn1cc(C(=O)NC[C@H](NS(=O)(=O)c2c(C)cc(C)cc2C)C(=O)O)c(=O)c2ccc(CNc3ncc[nH]3)cc21.CCC[C@H](N)C(=O)NCCCOCCCNC(=O)CCC(=O)NCCCn1cc(C(=O)NC[C@H](NS(=O)(=O)c2c(C)cc(C)cc2C)C(=O)O)c(=O)c2ccc(CNc3ncc[nH]3)cc21. The normalized spacial score (nSPS) is 12.0. The average molecular weight is 1810 g/mol. The Kier molecular flexibility index (Phi) is 42.4. The summed E-state index contributed by atoms with van der Waals surface area (Å²) in [5.41, 5.74) is 9.92. The number of ether oxygens (including phenoxy) is 2.